The third kappa shape index (κ3) is 3.80. The lowest BCUT2D eigenvalue weighted by Gasteiger charge is -2.01. The molecule has 0 aromatic heterocycles. The van der Waals surface area contributed by atoms with Gasteiger partial charge in [-0.05, 0) is 36.8 Å². The third-order valence-corrected chi connectivity index (χ3v) is 1.67. The summed E-state index contributed by atoms with van der Waals surface area (Å²) >= 11 is 0. The van der Waals surface area contributed by atoms with Crippen molar-refractivity contribution in [3.8, 4) is 11.8 Å². The second-order valence-corrected chi connectivity index (χ2v) is 2.81. The van der Waals surface area contributed by atoms with E-state index >= 15 is 0 Å². The quantitative estimate of drug-likeness (QED) is 0.465. The van der Waals surface area contributed by atoms with Crippen LogP contribution in [0.1, 0.15) is 12.5 Å². The molecule has 1 aromatic carbocycles. The Morgan fingerprint density at radius 3 is 2.81 bits per heavy atom. The van der Waals surface area contributed by atoms with Crippen molar-refractivity contribution in [3.63, 3.8) is 0 Å². The summed E-state index contributed by atoms with van der Waals surface area (Å²) in [6.07, 6.45) is 1.45. The molecule has 1 rings (SSSR count). The van der Waals surface area contributed by atoms with Gasteiger partial charge in [0.25, 0.3) is 0 Å². The second-order valence-electron chi connectivity index (χ2n) is 2.81. The number of nitrogens with zero attached hydrogens (tertiary/aromatic N) is 2. The molecule has 0 fully saturated rings. The zero-order chi connectivity index (χ0) is 11.8. The van der Waals surface area contributed by atoms with E-state index in [1.807, 2.05) is 6.92 Å². The second kappa shape index (κ2) is 6.19. The third-order valence-electron chi connectivity index (χ3n) is 1.67. The van der Waals surface area contributed by atoms with E-state index in [2.05, 4.69) is 10.5 Å². The van der Waals surface area contributed by atoms with Crippen LogP contribution in [0.5, 0.6) is 5.75 Å². The molecule has 0 aliphatic carbocycles. The predicted octanol–water partition coefficient (Wildman–Crippen LogP) is 1.06. The minimum atomic E-state index is -0.790. The molecule has 0 unspecified atom stereocenters. The molecule has 0 heterocycles. The molecule has 0 aliphatic heterocycles. The molecule has 5 nitrogen and oxygen atoms in total. The van der Waals surface area contributed by atoms with Crippen LogP contribution in [0.15, 0.2) is 29.4 Å². The van der Waals surface area contributed by atoms with E-state index in [1.54, 1.807) is 24.3 Å². The van der Waals surface area contributed by atoms with Crippen molar-refractivity contribution >= 4 is 12.1 Å². The summed E-state index contributed by atoms with van der Waals surface area (Å²) in [7, 11) is 0. The fourth-order valence-electron chi connectivity index (χ4n) is 1.01. The number of hydrogen-bond acceptors (Lipinski definition) is 4. The molecule has 0 saturated carbocycles. The number of hydrazone groups is 1. The molecule has 5 heteroatoms. The van der Waals surface area contributed by atoms with Crippen LogP contribution in [0.3, 0.4) is 0 Å². The number of hydrogen-bond donors (Lipinski definition) is 1. The summed E-state index contributed by atoms with van der Waals surface area (Å²) in [5.41, 5.74) is 2.87. The Morgan fingerprint density at radius 2 is 2.25 bits per heavy atom. The zero-order valence-corrected chi connectivity index (χ0v) is 8.80. The summed E-state index contributed by atoms with van der Waals surface area (Å²) in [6.45, 7) is 2.53. The fourth-order valence-corrected chi connectivity index (χ4v) is 1.01. The largest absolute Gasteiger partial charge is 0.494 e. The summed E-state index contributed by atoms with van der Waals surface area (Å²) in [5, 5.41) is 11.8. The van der Waals surface area contributed by atoms with E-state index in [0.29, 0.717) is 6.61 Å². The number of benzene rings is 1. The van der Waals surface area contributed by atoms with Gasteiger partial charge >= 0.3 is 5.91 Å². The van der Waals surface area contributed by atoms with Gasteiger partial charge in [0, 0.05) is 0 Å². The molecule has 1 aromatic rings. The Kier molecular flexibility index (Phi) is 4.54. The minimum absolute atomic E-state index is 0.617. The van der Waals surface area contributed by atoms with Crippen LogP contribution in [0.4, 0.5) is 0 Å². The number of ether oxygens (including phenoxy) is 1. The summed E-state index contributed by atoms with van der Waals surface area (Å²) in [4.78, 5) is 10.5. The first-order valence-electron chi connectivity index (χ1n) is 4.72. The Morgan fingerprint density at radius 1 is 1.56 bits per heavy atom. The monoisotopic (exact) mass is 217 g/mol. The van der Waals surface area contributed by atoms with Crippen molar-refractivity contribution in [2.75, 3.05) is 6.61 Å². The lowest BCUT2D eigenvalue weighted by Crippen LogP contribution is -2.14. The van der Waals surface area contributed by atoms with Crippen LogP contribution in [0.2, 0.25) is 0 Å². The summed E-state index contributed by atoms with van der Waals surface area (Å²) < 4.78 is 5.26. The van der Waals surface area contributed by atoms with E-state index in [1.165, 1.54) is 12.3 Å². The lowest BCUT2D eigenvalue weighted by molar-refractivity contribution is -0.115. The van der Waals surface area contributed by atoms with Gasteiger partial charge in [0.15, 0.2) is 6.07 Å². The van der Waals surface area contributed by atoms with Crippen molar-refractivity contribution in [2.45, 2.75) is 6.92 Å². The van der Waals surface area contributed by atoms with Crippen molar-refractivity contribution in [1.29, 1.82) is 5.26 Å². The Hall–Kier alpha value is -2.35. The Labute approximate surface area is 93.3 Å². The molecule has 82 valence electrons. The summed E-state index contributed by atoms with van der Waals surface area (Å²) in [5.74, 6) is -0.0112. The average Bonchev–Trinajstić information content (AvgIpc) is 2.31. The number of carbonyl (C=O) groups excluding carboxylic acids is 1. The maximum absolute atomic E-state index is 10.5. The highest BCUT2D eigenvalue weighted by atomic mass is 16.5. The van der Waals surface area contributed by atoms with Crippen LogP contribution in [-0.4, -0.2) is 18.7 Å². The van der Waals surface area contributed by atoms with Crippen LogP contribution in [0.25, 0.3) is 0 Å². The van der Waals surface area contributed by atoms with Crippen molar-refractivity contribution in [3.05, 3.63) is 29.8 Å². The highest BCUT2D eigenvalue weighted by molar-refractivity contribution is 5.92. The van der Waals surface area contributed by atoms with Gasteiger partial charge in [-0.15, -0.1) is 0 Å². The fraction of sp³-hybridized carbons (Fsp3) is 0.182. The molecule has 0 spiro atoms. The van der Waals surface area contributed by atoms with Gasteiger partial charge in [-0.25, -0.2) is 5.43 Å². The number of nitriles is 1. The Bertz CT molecular complexity index is 418. The van der Waals surface area contributed by atoms with Gasteiger partial charge < -0.3 is 4.74 Å². The number of amides is 1. The van der Waals surface area contributed by atoms with Gasteiger partial charge in [0.2, 0.25) is 0 Å². The molecule has 0 saturated heterocycles. The number of nitrogens with one attached hydrogen (secondary N) is 1. The van der Waals surface area contributed by atoms with Gasteiger partial charge in [0.1, 0.15) is 5.75 Å². The molecular formula is C11H11N3O2. The van der Waals surface area contributed by atoms with E-state index in [4.69, 9.17) is 10.00 Å². The molecule has 0 bridgehead atoms. The first kappa shape index (κ1) is 11.7. The standard InChI is InChI=1S/C11H11N3O2/c1-2-16-10-5-3-9(4-6-10)8-13-14-11(15)7-12/h3-6,8H,2H2,1H3,(H,14,15)/b13-8+. The first-order valence-corrected chi connectivity index (χ1v) is 4.72. The van der Waals surface area contributed by atoms with Gasteiger partial charge in [0.05, 0.1) is 12.8 Å². The predicted molar refractivity (Wildman–Crippen MR) is 59.0 cm³/mol. The molecule has 16 heavy (non-hydrogen) atoms. The Balaban J connectivity index is 2.55. The van der Waals surface area contributed by atoms with Gasteiger partial charge in [-0.3, -0.25) is 4.79 Å². The molecular weight excluding hydrogens is 206 g/mol. The molecule has 0 radical (unpaired) electrons. The minimum Gasteiger partial charge on any atom is -0.494 e. The smallest absolute Gasteiger partial charge is 0.342 e. The van der Waals surface area contributed by atoms with E-state index < -0.39 is 5.91 Å². The van der Waals surface area contributed by atoms with Crippen LogP contribution < -0.4 is 10.2 Å². The van der Waals surface area contributed by atoms with Gasteiger partial charge in [-0.1, -0.05) is 0 Å². The topological polar surface area (TPSA) is 74.5 Å². The maximum Gasteiger partial charge on any atom is 0.342 e. The number of rotatable bonds is 4. The van der Waals surface area contributed by atoms with Crippen molar-refractivity contribution < 1.29 is 9.53 Å². The van der Waals surface area contributed by atoms with Crippen molar-refractivity contribution in [1.82, 2.24) is 5.43 Å². The molecule has 1 N–H and O–H groups in total. The maximum atomic E-state index is 10.5. The normalized spacial score (nSPS) is 9.75. The highest BCUT2D eigenvalue weighted by Gasteiger charge is 1.93. The SMILES string of the molecule is CCOc1ccc(/C=N/NC(=O)C#N)cc1. The molecule has 0 aliphatic rings. The zero-order valence-electron chi connectivity index (χ0n) is 8.80. The molecule has 0 atom stereocenters. The van der Waals surface area contributed by atoms with Crippen molar-refractivity contribution in [2.24, 2.45) is 5.10 Å². The van der Waals surface area contributed by atoms with E-state index in [0.717, 1.165) is 11.3 Å². The first-order chi connectivity index (χ1) is 7.76. The summed E-state index contributed by atoms with van der Waals surface area (Å²) in [6, 6.07) is 8.60. The van der Waals surface area contributed by atoms with Crippen LogP contribution >= 0.6 is 0 Å². The molecule has 1 amide bonds. The van der Waals surface area contributed by atoms with Gasteiger partial charge in [-0.2, -0.15) is 10.4 Å². The highest BCUT2D eigenvalue weighted by Crippen LogP contribution is 2.10. The van der Waals surface area contributed by atoms with Crippen LogP contribution in [-0.2, 0) is 4.79 Å². The lowest BCUT2D eigenvalue weighted by atomic mass is 10.2. The van der Waals surface area contributed by atoms with Crippen LogP contribution in [0, 0.1) is 11.3 Å². The average molecular weight is 217 g/mol. The number of carbonyl (C=O) groups is 1. The van der Waals surface area contributed by atoms with E-state index in [9.17, 15) is 4.79 Å². The van der Waals surface area contributed by atoms with E-state index in [-0.39, 0.29) is 0 Å².